The monoisotopic (exact) mass is 284 g/mol. The number of rotatable bonds is 2. The van der Waals surface area contributed by atoms with E-state index in [0.29, 0.717) is 24.2 Å². The zero-order valence-electron chi connectivity index (χ0n) is 11.3. The predicted octanol–water partition coefficient (Wildman–Crippen LogP) is 3.03. The lowest BCUT2D eigenvalue weighted by Crippen LogP contribution is -2.35. The fraction of sp³-hybridized carbons (Fsp3) is 0.600. The Morgan fingerprint density at radius 1 is 1.10 bits per heavy atom. The van der Waals surface area contributed by atoms with E-state index < -0.39 is 11.7 Å². The highest BCUT2D eigenvalue weighted by Crippen LogP contribution is 2.32. The van der Waals surface area contributed by atoms with E-state index in [2.05, 4.69) is 10.2 Å². The second-order valence-electron chi connectivity index (χ2n) is 5.82. The maximum Gasteiger partial charge on any atom is 0.416 e. The molecule has 0 aliphatic carbocycles. The van der Waals surface area contributed by atoms with Crippen molar-refractivity contribution < 1.29 is 13.2 Å². The SMILES string of the molecule is FC(F)(F)c1ccccc1CN1CCC2CCC(C1)N2. The highest BCUT2D eigenvalue weighted by molar-refractivity contribution is 5.29. The van der Waals surface area contributed by atoms with Gasteiger partial charge in [0.2, 0.25) is 0 Å². The summed E-state index contributed by atoms with van der Waals surface area (Å²) in [6.45, 7) is 2.11. The fourth-order valence-electron chi connectivity index (χ4n) is 3.33. The third kappa shape index (κ3) is 2.99. The number of nitrogens with one attached hydrogen (secondary N) is 1. The Hall–Kier alpha value is -1.07. The Labute approximate surface area is 117 Å². The summed E-state index contributed by atoms with van der Waals surface area (Å²) in [4.78, 5) is 2.15. The Balaban J connectivity index is 1.74. The van der Waals surface area contributed by atoms with Gasteiger partial charge in [0.05, 0.1) is 5.56 Å². The number of nitrogens with zero attached hydrogens (tertiary/aromatic N) is 1. The molecular formula is C15H19F3N2. The van der Waals surface area contributed by atoms with Crippen molar-refractivity contribution in [3.63, 3.8) is 0 Å². The molecule has 2 nitrogen and oxygen atoms in total. The van der Waals surface area contributed by atoms with Crippen LogP contribution in [-0.4, -0.2) is 30.1 Å². The Bertz CT molecular complexity index is 472. The molecule has 0 spiro atoms. The molecule has 0 aromatic heterocycles. The van der Waals surface area contributed by atoms with Crippen LogP contribution in [0.3, 0.4) is 0 Å². The number of hydrogen-bond acceptors (Lipinski definition) is 2. The first-order chi connectivity index (χ1) is 9.52. The van der Waals surface area contributed by atoms with E-state index >= 15 is 0 Å². The van der Waals surface area contributed by atoms with Gasteiger partial charge in [0.25, 0.3) is 0 Å². The first-order valence-corrected chi connectivity index (χ1v) is 7.16. The van der Waals surface area contributed by atoms with Crippen molar-refractivity contribution in [1.29, 1.82) is 0 Å². The Morgan fingerprint density at radius 3 is 2.65 bits per heavy atom. The minimum Gasteiger partial charge on any atom is -0.310 e. The van der Waals surface area contributed by atoms with Crippen LogP contribution in [0.4, 0.5) is 13.2 Å². The van der Waals surface area contributed by atoms with E-state index in [1.165, 1.54) is 18.6 Å². The van der Waals surface area contributed by atoms with Gasteiger partial charge in [0.1, 0.15) is 0 Å². The van der Waals surface area contributed by atoms with Crippen molar-refractivity contribution in [2.24, 2.45) is 0 Å². The smallest absolute Gasteiger partial charge is 0.310 e. The van der Waals surface area contributed by atoms with Crippen LogP contribution in [0.25, 0.3) is 0 Å². The number of fused-ring (bicyclic) bond motifs is 2. The lowest BCUT2D eigenvalue weighted by molar-refractivity contribution is -0.138. The molecule has 2 aliphatic heterocycles. The summed E-state index contributed by atoms with van der Waals surface area (Å²) in [5.74, 6) is 0. The third-order valence-corrected chi connectivity index (χ3v) is 4.32. The fourth-order valence-corrected chi connectivity index (χ4v) is 3.33. The van der Waals surface area contributed by atoms with Crippen LogP contribution in [0.2, 0.25) is 0 Å². The maximum atomic E-state index is 13.0. The number of alkyl halides is 3. The average molecular weight is 284 g/mol. The molecule has 1 N–H and O–H groups in total. The molecule has 110 valence electrons. The van der Waals surface area contributed by atoms with Crippen LogP contribution in [0.5, 0.6) is 0 Å². The van der Waals surface area contributed by atoms with E-state index in [-0.39, 0.29) is 0 Å². The van der Waals surface area contributed by atoms with Crippen molar-refractivity contribution in [2.75, 3.05) is 13.1 Å². The zero-order chi connectivity index (χ0) is 14.2. The standard InChI is InChI=1S/C15H19F3N2/c16-15(17,18)14-4-2-1-3-11(14)9-20-8-7-12-5-6-13(10-20)19-12/h1-4,12-13,19H,5-10H2. The average Bonchev–Trinajstić information content (AvgIpc) is 2.72. The Kier molecular flexibility index (Phi) is 3.73. The molecule has 20 heavy (non-hydrogen) atoms. The quantitative estimate of drug-likeness (QED) is 0.898. The molecule has 3 rings (SSSR count). The number of halogens is 3. The van der Waals surface area contributed by atoms with E-state index in [4.69, 9.17) is 0 Å². The minimum atomic E-state index is -4.26. The molecule has 2 atom stereocenters. The third-order valence-electron chi connectivity index (χ3n) is 4.32. The second-order valence-corrected chi connectivity index (χ2v) is 5.82. The highest BCUT2D eigenvalue weighted by Gasteiger charge is 2.34. The van der Waals surface area contributed by atoms with Crippen molar-refractivity contribution >= 4 is 0 Å². The normalized spacial score (nSPS) is 27.6. The molecule has 2 aliphatic rings. The molecule has 2 fully saturated rings. The molecule has 0 radical (unpaired) electrons. The molecular weight excluding hydrogens is 265 g/mol. The topological polar surface area (TPSA) is 15.3 Å². The van der Waals surface area contributed by atoms with Crippen molar-refractivity contribution in [3.05, 3.63) is 35.4 Å². The predicted molar refractivity (Wildman–Crippen MR) is 71.3 cm³/mol. The molecule has 2 bridgehead atoms. The maximum absolute atomic E-state index is 13.0. The summed E-state index contributed by atoms with van der Waals surface area (Å²) in [5, 5.41) is 3.55. The van der Waals surface area contributed by atoms with Crippen LogP contribution < -0.4 is 5.32 Å². The first-order valence-electron chi connectivity index (χ1n) is 7.16. The van der Waals surface area contributed by atoms with Crippen LogP contribution in [0, 0.1) is 0 Å². The first kappa shape index (κ1) is 13.9. The van der Waals surface area contributed by atoms with Gasteiger partial charge in [0.15, 0.2) is 0 Å². The summed E-state index contributed by atoms with van der Waals surface area (Å²) >= 11 is 0. The number of hydrogen-bond donors (Lipinski definition) is 1. The molecule has 0 saturated carbocycles. The summed E-state index contributed by atoms with van der Waals surface area (Å²) in [6.07, 6.45) is -0.885. The second kappa shape index (κ2) is 5.37. The number of benzene rings is 1. The zero-order valence-corrected chi connectivity index (χ0v) is 11.3. The molecule has 1 aromatic carbocycles. The van der Waals surface area contributed by atoms with E-state index in [1.807, 2.05) is 0 Å². The summed E-state index contributed by atoms with van der Waals surface area (Å²) < 4.78 is 39.0. The molecule has 2 unspecified atom stereocenters. The largest absolute Gasteiger partial charge is 0.416 e. The van der Waals surface area contributed by atoms with Crippen molar-refractivity contribution in [1.82, 2.24) is 10.2 Å². The lowest BCUT2D eigenvalue weighted by atomic mass is 10.0. The minimum absolute atomic E-state index is 0.387. The Morgan fingerprint density at radius 2 is 1.85 bits per heavy atom. The van der Waals surface area contributed by atoms with Gasteiger partial charge in [-0.3, -0.25) is 4.90 Å². The van der Waals surface area contributed by atoms with Crippen molar-refractivity contribution in [3.8, 4) is 0 Å². The summed E-state index contributed by atoms with van der Waals surface area (Å²) in [7, 11) is 0. The van der Waals surface area contributed by atoms with E-state index in [9.17, 15) is 13.2 Å². The highest BCUT2D eigenvalue weighted by atomic mass is 19.4. The van der Waals surface area contributed by atoms with Gasteiger partial charge in [-0.1, -0.05) is 18.2 Å². The van der Waals surface area contributed by atoms with Gasteiger partial charge >= 0.3 is 6.18 Å². The molecule has 2 saturated heterocycles. The van der Waals surface area contributed by atoms with Gasteiger partial charge in [-0.25, -0.2) is 0 Å². The van der Waals surface area contributed by atoms with E-state index in [1.54, 1.807) is 12.1 Å². The van der Waals surface area contributed by atoms with Gasteiger partial charge in [-0.15, -0.1) is 0 Å². The van der Waals surface area contributed by atoms with Crippen molar-refractivity contribution in [2.45, 2.75) is 44.1 Å². The molecule has 5 heteroatoms. The van der Waals surface area contributed by atoms with Gasteiger partial charge in [-0.05, 0) is 30.9 Å². The molecule has 1 aromatic rings. The van der Waals surface area contributed by atoms with Crippen LogP contribution in [0.15, 0.2) is 24.3 Å². The molecule has 2 heterocycles. The van der Waals surface area contributed by atoms with Gasteiger partial charge in [0, 0.05) is 31.7 Å². The van der Waals surface area contributed by atoms with Gasteiger partial charge in [-0.2, -0.15) is 13.2 Å². The van der Waals surface area contributed by atoms with Gasteiger partial charge < -0.3 is 5.32 Å². The summed E-state index contributed by atoms with van der Waals surface area (Å²) in [5.41, 5.74) is -0.111. The van der Waals surface area contributed by atoms with Crippen LogP contribution in [-0.2, 0) is 12.7 Å². The molecule has 0 amide bonds. The van der Waals surface area contributed by atoms with E-state index in [0.717, 1.165) is 25.9 Å². The summed E-state index contributed by atoms with van der Waals surface area (Å²) in [6, 6.07) is 6.92. The lowest BCUT2D eigenvalue weighted by Gasteiger charge is -2.25. The number of likely N-dealkylation sites (tertiary alicyclic amines) is 1. The van der Waals surface area contributed by atoms with Crippen LogP contribution in [0.1, 0.15) is 30.4 Å². The van der Waals surface area contributed by atoms with Crippen LogP contribution >= 0.6 is 0 Å².